The lowest BCUT2D eigenvalue weighted by atomic mass is 10.1. The SMILES string of the molecule is COC(=O)C(N=CSC)c1ccc(OCc2ccccc2)cc1. The molecule has 0 aromatic heterocycles. The first-order valence-electron chi connectivity index (χ1n) is 7.13. The van der Waals surface area contributed by atoms with Crippen LogP contribution in [0.2, 0.25) is 0 Å². The van der Waals surface area contributed by atoms with E-state index in [1.807, 2.05) is 60.9 Å². The number of nitrogens with zero attached hydrogens (tertiary/aromatic N) is 1. The van der Waals surface area contributed by atoms with Crippen LogP contribution in [0.5, 0.6) is 5.75 Å². The third kappa shape index (κ3) is 5.14. The van der Waals surface area contributed by atoms with Crippen molar-refractivity contribution in [1.29, 1.82) is 0 Å². The van der Waals surface area contributed by atoms with Crippen molar-refractivity contribution in [2.75, 3.05) is 13.4 Å². The third-order valence-electron chi connectivity index (χ3n) is 3.18. The Kier molecular flexibility index (Phi) is 6.69. The minimum absolute atomic E-state index is 0.381. The van der Waals surface area contributed by atoms with Crippen LogP contribution >= 0.6 is 11.8 Å². The lowest BCUT2D eigenvalue weighted by molar-refractivity contribution is -0.142. The van der Waals surface area contributed by atoms with Crippen molar-refractivity contribution in [3.63, 3.8) is 0 Å². The van der Waals surface area contributed by atoms with Crippen LogP contribution in [0.3, 0.4) is 0 Å². The van der Waals surface area contributed by atoms with E-state index in [0.717, 1.165) is 16.9 Å². The fourth-order valence-electron chi connectivity index (χ4n) is 2.00. The number of aliphatic imine (C=N–C) groups is 1. The Bertz CT molecular complexity index is 641. The molecule has 4 nitrogen and oxygen atoms in total. The Hall–Kier alpha value is -2.27. The highest BCUT2D eigenvalue weighted by molar-refractivity contribution is 8.11. The maximum atomic E-state index is 11.8. The number of esters is 1. The molecule has 0 aliphatic heterocycles. The number of ether oxygens (including phenoxy) is 2. The van der Waals surface area contributed by atoms with Crippen molar-refractivity contribution < 1.29 is 14.3 Å². The van der Waals surface area contributed by atoms with Gasteiger partial charge in [0, 0.05) is 0 Å². The van der Waals surface area contributed by atoms with Gasteiger partial charge in [0.2, 0.25) is 0 Å². The van der Waals surface area contributed by atoms with Crippen molar-refractivity contribution in [2.45, 2.75) is 12.6 Å². The van der Waals surface area contributed by atoms with Gasteiger partial charge < -0.3 is 9.47 Å². The molecule has 1 atom stereocenters. The van der Waals surface area contributed by atoms with Crippen molar-refractivity contribution in [3.05, 3.63) is 65.7 Å². The van der Waals surface area contributed by atoms with Crippen LogP contribution in [0.25, 0.3) is 0 Å². The van der Waals surface area contributed by atoms with Crippen molar-refractivity contribution in [2.24, 2.45) is 4.99 Å². The predicted octanol–water partition coefficient (Wildman–Crippen LogP) is 3.87. The topological polar surface area (TPSA) is 47.9 Å². The number of methoxy groups -OCH3 is 1. The summed E-state index contributed by atoms with van der Waals surface area (Å²) in [5.74, 6) is 0.364. The lowest BCUT2D eigenvalue weighted by Gasteiger charge is -2.12. The zero-order chi connectivity index (χ0) is 16.5. The van der Waals surface area contributed by atoms with Crippen molar-refractivity contribution in [3.8, 4) is 5.75 Å². The zero-order valence-corrected chi connectivity index (χ0v) is 14.0. The molecule has 0 bridgehead atoms. The highest BCUT2D eigenvalue weighted by Crippen LogP contribution is 2.22. The molecular formula is C18H19NO3S. The Balaban J connectivity index is 2.05. The van der Waals surface area contributed by atoms with E-state index in [9.17, 15) is 4.79 Å². The fourth-order valence-corrected chi connectivity index (χ4v) is 2.25. The Labute approximate surface area is 140 Å². The first-order valence-corrected chi connectivity index (χ1v) is 8.42. The van der Waals surface area contributed by atoms with Gasteiger partial charge in [-0.25, -0.2) is 4.79 Å². The summed E-state index contributed by atoms with van der Waals surface area (Å²) in [6, 6.07) is 16.7. The standard InChI is InChI=1S/C18H19NO3S/c1-21-18(20)17(19-13-23-2)15-8-10-16(11-9-15)22-12-14-6-4-3-5-7-14/h3-11,13,17H,12H2,1-2H3. The van der Waals surface area contributed by atoms with Crippen LogP contribution in [0.4, 0.5) is 0 Å². The summed E-state index contributed by atoms with van der Waals surface area (Å²) < 4.78 is 10.5. The van der Waals surface area contributed by atoms with Crippen molar-refractivity contribution >= 4 is 23.3 Å². The molecule has 0 spiro atoms. The van der Waals surface area contributed by atoms with Crippen LogP contribution in [-0.2, 0) is 16.1 Å². The van der Waals surface area contributed by atoms with E-state index < -0.39 is 6.04 Å². The summed E-state index contributed by atoms with van der Waals surface area (Å²) in [5, 5.41) is 0. The van der Waals surface area contributed by atoms with Gasteiger partial charge in [0.15, 0.2) is 6.04 Å². The van der Waals surface area contributed by atoms with Gasteiger partial charge in [0.1, 0.15) is 12.4 Å². The predicted molar refractivity (Wildman–Crippen MR) is 94.0 cm³/mol. The van der Waals surface area contributed by atoms with E-state index >= 15 is 0 Å². The molecule has 120 valence electrons. The van der Waals surface area contributed by atoms with Gasteiger partial charge in [-0.1, -0.05) is 42.5 Å². The van der Waals surface area contributed by atoms with E-state index in [4.69, 9.17) is 9.47 Å². The average molecular weight is 329 g/mol. The first-order chi connectivity index (χ1) is 11.2. The molecule has 0 saturated carbocycles. The maximum absolute atomic E-state index is 11.8. The molecule has 2 rings (SSSR count). The number of benzene rings is 2. The summed E-state index contributed by atoms with van der Waals surface area (Å²) >= 11 is 1.44. The van der Waals surface area contributed by atoms with Crippen LogP contribution in [0.1, 0.15) is 17.2 Å². The molecule has 0 fully saturated rings. The van der Waals surface area contributed by atoms with Gasteiger partial charge in [-0.15, -0.1) is 11.8 Å². The molecule has 5 heteroatoms. The summed E-state index contributed by atoms with van der Waals surface area (Å²) in [7, 11) is 1.36. The fraction of sp³-hybridized carbons (Fsp3) is 0.222. The van der Waals surface area contributed by atoms with Gasteiger partial charge >= 0.3 is 5.97 Å². The van der Waals surface area contributed by atoms with Crippen LogP contribution in [0.15, 0.2) is 59.6 Å². The normalized spacial score (nSPS) is 12.1. The smallest absolute Gasteiger partial charge is 0.335 e. The Morgan fingerprint density at radius 1 is 1.17 bits per heavy atom. The van der Waals surface area contributed by atoms with E-state index in [2.05, 4.69) is 4.99 Å². The van der Waals surface area contributed by atoms with Gasteiger partial charge in [-0.05, 0) is 29.5 Å². The molecule has 0 saturated heterocycles. The first kappa shape index (κ1) is 17.1. The van der Waals surface area contributed by atoms with Crippen LogP contribution in [-0.4, -0.2) is 24.9 Å². The molecule has 23 heavy (non-hydrogen) atoms. The Morgan fingerprint density at radius 2 is 1.87 bits per heavy atom. The minimum Gasteiger partial charge on any atom is -0.489 e. The number of hydrogen-bond donors (Lipinski definition) is 0. The summed E-state index contributed by atoms with van der Waals surface area (Å²) in [5.41, 5.74) is 3.52. The molecule has 0 N–H and O–H groups in total. The van der Waals surface area contributed by atoms with Gasteiger partial charge in [-0.3, -0.25) is 4.99 Å². The van der Waals surface area contributed by atoms with Gasteiger partial charge in [0.25, 0.3) is 0 Å². The summed E-state index contributed by atoms with van der Waals surface area (Å²) in [6.07, 6.45) is 1.89. The van der Waals surface area contributed by atoms with E-state index in [-0.39, 0.29) is 5.97 Å². The highest BCUT2D eigenvalue weighted by Gasteiger charge is 2.19. The zero-order valence-electron chi connectivity index (χ0n) is 13.1. The quantitative estimate of drug-likeness (QED) is 0.439. The average Bonchev–Trinajstić information content (AvgIpc) is 2.62. The number of carbonyl (C=O) groups excluding carboxylic acids is 1. The molecule has 0 amide bonds. The third-order valence-corrected chi connectivity index (χ3v) is 3.52. The highest BCUT2D eigenvalue weighted by atomic mass is 32.2. The molecule has 0 aliphatic rings. The number of thioether (sulfide) groups is 1. The second-order valence-corrected chi connectivity index (χ2v) is 5.44. The largest absolute Gasteiger partial charge is 0.489 e. The Morgan fingerprint density at radius 3 is 2.48 bits per heavy atom. The monoisotopic (exact) mass is 329 g/mol. The molecule has 0 radical (unpaired) electrons. The minimum atomic E-state index is -0.643. The lowest BCUT2D eigenvalue weighted by Crippen LogP contribution is -2.12. The van der Waals surface area contributed by atoms with Crippen LogP contribution < -0.4 is 4.74 Å². The second-order valence-electron chi connectivity index (χ2n) is 4.76. The van der Waals surface area contributed by atoms with E-state index in [1.54, 1.807) is 5.55 Å². The van der Waals surface area contributed by atoms with Crippen LogP contribution in [0, 0.1) is 0 Å². The van der Waals surface area contributed by atoms with E-state index in [1.165, 1.54) is 18.9 Å². The molecule has 1 unspecified atom stereocenters. The van der Waals surface area contributed by atoms with E-state index in [0.29, 0.717) is 6.61 Å². The summed E-state index contributed by atoms with van der Waals surface area (Å²) in [4.78, 5) is 16.1. The molecule has 2 aromatic carbocycles. The molecule has 0 aliphatic carbocycles. The maximum Gasteiger partial charge on any atom is 0.335 e. The summed E-state index contributed by atoms with van der Waals surface area (Å²) in [6.45, 7) is 0.505. The molecule has 2 aromatic rings. The van der Waals surface area contributed by atoms with Crippen molar-refractivity contribution in [1.82, 2.24) is 0 Å². The number of carbonyl (C=O) groups is 1. The van der Waals surface area contributed by atoms with Gasteiger partial charge in [0.05, 0.1) is 12.7 Å². The number of hydrogen-bond acceptors (Lipinski definition) is 5. The van der Waals surface area contributed by atoms with Gasteiger partial charge in [-0.2, -0.15) is 0 Å². The molecule has 0 heterocycles. The molecular weight excluding hydrogens is 310 g/mol. The second kappa shape index (κ2) is 9.00. The number of rotatable bonds is 7.